The van der Waals surface area contributed by atoms with Gasteiger partial charge in [-0.25, -0.2) is 4.79 Å². The molecule has 1 N–H and O–H groups in total. The van der Waals surface area contributed by atoms with Gasteiger partial charge in [-0.05, 0) is 22.9 Å². The van der Waals surface area contributed by atoms with Crippen LogP contribution in [0.25, 0.3) is 10.8 Å². The molecule has 0 atom stereocenters. The number of carboxylic acids is 1. The summed E-state index contributed by atoms with van der Waals surface area (Å²) in [5.41, 5.74) is 0.332. The molecular formula is C11H9NaO2. The van der Waals surface area contributed by atoms with Crippen LogP contribution in [0.2, 0.25) is 0 Å². The molecular weight excluding hydrogens is 187 g/mol. The van der Waals surface area contributed by atoms with Gasteiger partial charge < -0.3 is 5.11 Å². The van der Waals surface area contributed by atoms with Crippen molar-refractivity contribution in [3.05, 3.63) is 48.0 Å². The van der Waals surface area contributed by atoms with E-state index in [1.807, 2.05) is 30.3 Å². The van der Waals surface area contributed by atoms with E-state index < -0.39 is 5.97 Å². The summed E-state index contributed by atoms with van der Waals surface area (Å²) in [4.78, 5) is 10.6. The first-order valence-electron chi connectivity index (χ1n) is 3.99. The number of benzene rings is 2. The van der Waals surface area contributed by atoms with Crippen molar-refractivity contribution in [1.82, 2.24) is 0 Å². The molecule has 0 aliphatic rings. The quantitative estimate of drug-likeness (QED) is 0.707. The topological polar surface area (TPSA) is 37.3 Å². The van der Waals surface area contributed by atoms with Crippen molar-refractivity contribution in [2.75, 3.05) is 0 Å². The molecule has 0 saturated carbocycles. The molecule has 0 aromatic heterocycles. The molecule has 0 saturated heterocycles. The average molecular weight is 196 g/mol. The van der Waals surface area contributed by atoms with Crippen LogP contribution < -0.4 is 0 Å². The van der Waals surface area contributed by atoms with Gasteiger partial charge in [0.15, 0.2) is 0 Å². The Bertz CT molecular complexity index is 466. The first kappa shape index (κ1) is 11.2. The van der Waals surface area contributed by atoms with Gasteiger partial charge in [0.25, 0.3) is 0 Å². The van der Waals surface area contributed by atoms with Gasteiger partial charge in [0, 0.05) is 0 Å². The molecule has 2 nitrogen and oxygen atoms in total. The second kappa shape index (κ2) is 4.60. The Labute approximate surface area is 104 Å². The van der Waals surface area contributed by atoms with E-state index in [0.717, 1.165) is 10.8 Å². The van der Waals surface area contributed by atoms with Crippen molar-refractivity contribution in [3.8, 4) is 0 Å². The van der Waals surface area contributed by atoms with Crippen LogP contribution in [0.15, 0.2) is 42.5 Å². The van der Waals surface area contributed by atoms with Crippen molar-refractivity contribution in [2.24, 2.45) is 0 Å². The molecule has 0 heterocycles. The van der Waals surface area contributed by atoms with Gasteiger partial charge in [-0.1, -0.05) is 30.3 Å². The summed E-state index contributed by atoms with van der Waals surface area (Å²) in [6.45, 7) is 0. The standard InChI is InChI=1S/C11H8O2.Na.H/c12-11(13)10-6-5-8-3-1-2-4-9(8)7-10;;/h1-7H,(H,12,13);;. The van der Waals surface area contributed by atoms with Crippen LogP contribution in [0.3, 0.4) is 0 Å². The van der Waals surface area contributed by atoms with E-state index in [2.05, 4.69) is 0 Å². The second-order valence-electron chi connectivity index (χ2n) is 2.87. The van der Waals surface area contributed by atoms with Crippen molar-refractivity contribution in [1.29, 1.82) is 0 Å². The van der Waals surface area contributed by atoms with Crippen LogP contribution in [-0.4, -0.2) is 40.6 Å². The van der Waals surface area contributed by atoms with E-state index in [1.54, 1.807) is 12.1 Å². The Hall–Kier alpha value is -0.830. The predicted molar refractivity (Wildman–Crippen MR) is 58.1 cm³/mol. The van der Waals surface area contributed by atoms with Crippen molar-refractivity contribution in [2.45, 2.75) is 0 Å². The molecule has 66 valence electrons. The monoisotopic (exact) mass is 196 g/mol. The Kier molecular flexibility index (Phi) is 3.69. The summed E-state index contributed by atoms with van der Waals surface area (Å²) in [6, 6.07) is 12.8. The molecule has 0 bridgehead atoms. The number of fused-ring (bicyclic) bond motifs is 1. The first-order chi connectivity index (χ1) is 6.27. The third-order valence-corrected chi connectivity index (χ3v) is 2.00. The van der Waals surface area contributed by atoms with Gasteiger partial charge in [-0.15, -0.1) is 0 Å². The maximum atomic E-state index is 10.6. The van der Waals surface area contributed by atoms with Crippen LogP contribution >= 0.6 is 0 Å². The molecule has 0 aliphatic heterocycles. The van der Waals surface area contributed by atoms with Crippen molar-refractivity contribution >= 4 is 46.3 Å². The number of hydrogen-bond donors (Lipinski definition) is 1. The number of carboxylic acid groups (broad SMARTS) is 1. The molecule has 14 heavy (non-hydrogen) atoms. The van der Waals surface area contributed by atoms with Gasteiger partial charge >= 0.3 is 35.5 Å². The minimum atomic E-state index is -0.884. The zero-order valence-electron chi connectivity index (χ0n) is 6.90. The van der Waals surface area contributed by atoms with Gasteiger partial charge in [0.05, 0.1) is 5.56 Å². The Morgan fingerprint density at radius 2 is 1.64 bits per heavy atom. The summed E-state index contributed by atoms with van der Waals surface area (Å²) < 4.78 is 0. The normalized spacial score (nSPS) is 9.43. The molecule has 3 heteroatoms. The van der Waals surface area contributed by atoms with Gasteiger partial charge in [0.2, 0.25) is 0 Å². The third-order valence-electron chi connectivity index (χ3n) is 2.00. The fourth-order valence-electron chi connectivity index (χ4n) is 1.32. The van der Waals surface area contributed by atoms with E-state index in [4.69, 9.17) is 5.11 Å². The molecule has 2 aromatic carbocycles. The molecule has 0 spiro atoms. The van der Waals surface area contributed by atoms with Gasteiger partial charge in [-0.3, -0.25) is 0 Å². The summed E-state index contributed by atoms with van der Waals surface area (Å²) in [5, 5.41) is 10.8. The number of aromatic carboxylic acids is 1. The average Bonchev–Trinajstić information content (AvgIpc) is 2.17. The number of carbonyl (C=O) groups is 1. The molecule has 0 amide bonds. The zero-order valence-corrected chi connectivity index (χ0v) is 6.90. The fraction of sp³-hybridized carbons (Fsp3) is 0. The zero-order chi connectivity index (χ0) is 9.26. The van der Waals surface area contributed by atoms with Crippen LogP contribution in [0.1, 0.15) is 10.4 Å². The first-order valence-corrected chi connectivity index (χ1v) is 3.99. The van der Waals surface area contributed by atoms with Crippen LogP contribution in [0.4, 0.5) is 0 Å². The molecule has 0 unspecified atom stereocenters. The Morgan fingerprint density at radius 1 is 1.00 bits per heavy atom. The van der Waals surface area contributed by atoms with Gasteiger partial charge in [0.1, 0.15) is 0 Å². The summed E-state index contributed by atoms with van der Waals surface area (Å²) in [6.07, 6.45) is 0. The maximum absolute atomic E-state index is 10.6. The molecule has 0 fully saturated rings. The third kappa shape index (κ3) is 2.15. The Morgan fingerprint density at radius 3 is 2.29 bits per heavy atom. The van der Waals surface area contributed by atoms with E-state index in [1.165, 1.54) is 0 Å². The van der Waals surface area contributed by atoms with Crippen molar-refractivity contribution in [3.63, 3.8) is 0 Å². The van der Waals surface area contributed by atoms with Crippen LogP contribution in [0, 0.1) is 0 Å². The number of hydrogen-bond acceptors (Lipinski definition) is 1. The predicted octanol–water partition coefficient (Wildman–Crippen LogP) is 1.89. The molecule has 2 rings (SSSR count). The summed E-state index contributed by atoms with van der Waals surface area (Å²) >= 11 is 0. The van der Waals surface area contributed by atoms with Crippen LogP contribution in [-0.2, 0) is 0 Å². The molecule has 0 radical (unpaired) electrons. The van der Waals surface area contributed by atoms with Crippen molar-refractivity contribution < 1.29 is 9.90 Å². The van der Waals surface area contributed by atoms with E-state index >= 15 is 0 Å². The number of rotatable bonds is 1. The second-order valence-corrected chi connectivity index (χ2v) is 2.87. The van der Waals surface area contributed by atoms with Crippen LogP contribution in [0.5, 0.6) is 0 Å². The van der Waals surface area contributed by atoms with E-state index in [0.29, 0.717) is 5.56 Å². The SMILES string of the molecule is O=C(O)c1ccc2ccccc2c1.[NaH]. The molecule has 2 aromatic rings. The van der Waals surface area contributed by atoms with E-state index in [-0.39, 0.29) is 29.6 Å². The summed E-state index contributed by atoms with van der Waals surface area (Å²) in [7, 11) is 0. The fourth-order valence-corrected chi connectivity index (χ4v) is 1.32. The summed E-state index contributed by atoms with van der Waals surface area (Å²) in [5.74, 6) is -0.884. The minimum absolute atomic E-state index is 0. The Balaban J connectivity index is 0.000000980. The molecule has 0 aliphatic carbocycles. The van der Waals surface area contributed by atoms with E-state index in [9.17, 15) is 4.79 Å². The van der Waals surface area contributed by atoms with Gasteiger partial charge in [-0.2, -0.15) is 0 Å².